The number of hydrogen-bond donors (Lipinski definition) is 2. The number of nitrogens with one attached hydrogen (secondary N) is 1. The number of carbonyl (C=O) groups is 3. The van der Waals surface area contributed by atoms with Gasteiger partial charge >= 0.3 is 18.2 Å². The van der Waals surface area contributed by atoms with Crippen molar-refractivity contribution in [3.05, 3.63) is 35.9 Å². The van der Waals surface area contributed by atoms with E-state index in [9.17, 15) is 19.5 Å². The summed E-state index contributed by atoms with van der Waals surface area (Å²) < 4.78 is 10.6. The van der Waals surface area contributed by atoms with Crippen LogP contribution in [0.5, 0.6) is 0 Å². The number of carboxylic acid groups (broad SMARTS) is 1. The Balaban J connectivity index is 2.04. The van der Waals surface area contributed by atoms with Gasteiger partial charge in [-0.25, -0.2) is 9.59 Å². The van der Waals surface area contributed by atoms with Crippen LogP contribution in [0.25, 0.3) is 0 Å². The lowest BCUT2D eigenvalue weighted by Gasteiger charge is -2.42. The number of rotatable bonds is 5. The molecule has 1 aromatic carbocycles. The third kappa shape index (κ3) is 6.75. The quantitative estimate of drug-likeness (QED) is 0.797. The fourth-order valence-corrected chi connectivity index (χ4v) is 3.17. The van der Waals surface area contributed by atoms with Crippen LogP contribution in [0.1, 0.15) is 45.6 Å². The van der Waals surface area contributed by atoms with Gasteiger partial charge in [0.15, 0.2) is 0 Å². The number of aliphatic carboxylic acids is 1. The van der Waals surface area contributed by atoms with Crippen LogP contribution in [0.3, 0.4) is 0 Å². The molecule has 1 atom stereocenters. The molecule has 1 aliphatic rings. The zero-order chi connectivity index (χ0) is 20.8. The topological polar surface area (TPSA) is 105 Å². The Hall–Kier alpha value is -2.77. The molecule has 0 aliphatic carbocycles. The largest absolute Gasteiger partial charge is 0.481 e. The van der Waals surface area contributed by atoms with Crippen LogP contribution in [-0.4, -0.2) is 52.4 Å². The van der Waals surface area contributed by atoms with E-state index >= 15 is 0 Å². The highest BCUT2D eigenvalue weighted by atomic mass is 16.6. The summed E-state index contributed by atoms with van der Waals surface area (Å²) in [6.45, 7) is 5.85. The van der Waals surface area contributed by atoms with Crippen LogP contribution >= 0.6 is 0 Å². The molecule has 0 saturated carbocycles. The lowest BCUT2D eigenvalue weighted by Crippen LogP contribution is -2.61. The first-order valence-corrected chi connectivity index (χ1v) is 9.27. The smallest absolute Gasteiger partial charge is 0.410 e. The van der Waals surface area contributed by atoms with Crippen molar-refractivity contribution in [2.24, 2.45) is 0 Å². The maximum Gasteiger partial charge on any atom is 0.410 e. The Kier molecular flexibility index (Phi) is 6.88. The summed E-state index contributed by atoms with van der Waals surface area (Å²) in [5.74, 6) is -1.06. The second kappa shape index (κ2) is 8.95. The minimum absolute atomic E-state index is 0.0502. The highest BCUT2D eigenvalue weighted by Gasteiger charge is 2.41. The van der Waals surface area contributed by atoms with Gasteiger partial charge in [0.05, 0.1) is 12.0 Å². The summed E-state index contributed by atoms with van der Waals surface area (Å²) in [6, 6.07) is 9.18. The van der Waals surface area contributed by atoms with E-state index in [1.165, 1.54) is 4.90 Å². The first-order chi connectivity index (χ1) is 13.1. The van der Waals surface area contributed by atoms with Crippen molar-refractivity contribution < 1.29 is 29.0 Å². The minimum atomic E-state index is -1.10. The van der Waals surface area contributed by atoms with Gasteiger partial charge in [-0.05, 0) is 39.2 Å². The van der Waals surface area contributed by atoms with Gasteiger partial charge in [-0.1, -0.05) is 30.3 Å². The fourth-order valence-electron chi connectivity index (χ4n) is 3.17. The molecule has 154 valence electrons. The van der Waals surface area contributed by atoms with E-state index in [-0.39, 0.29) is 19.6 Å². The molecule has 0 aromatic heterocycles. The molecule has 1 aromatic rings. The molecule has 2 amide bonds. The summed E-state index contributed by atoms with van der Waals surface area (Å²) in [4.78, 5) is 37.6. The molecule has 1 heterocycles. The Bertz CT molecular complexity index is 700. The van der Waals surface area contributed by atoms with E-state index in [0.29, 0.717) is 19.4 Å². The molecule has 1 fully saturated rings. The first kappa shape index (κ1) is 21.5. The second-order valence-electron chi connectivity index (χ2n) is 8.04. The number of ether oxygens (including phenoxy) is 2. The van der Waals surface area contributed by atoms with Gasteiger partial charge in [0.2, 0.25) is 0 Å². The van der Waals surface area contributed by atoms with Gasteiger partial charge in [0, 0.05) is 13.1 Å². The second-order valence-corrected chi connectivity index (χ2v) is 8.04. The lowest BCUT2D eigenvalue weighted by molar-refractivity contribution is -0.139. The van der Waals surface area contributed by atoms with Gasteiger partial charge in [-0.15, -0.1) is 0 Å². The maximum absolute atomic E-state index is 12.4. The van der Waals surface area contributed by atoms with Crippen molar-refractivity contribution >= 4 is 18.2 Å². The van der Waals surface area contributed by atoms with Gasteiger partial charge in [0.1, 0.15) is 12.2 Å². The number of carbonyl (C=O) groups excluding carboxylic acids is 2. The highest BCUT2D eigenvalue weighted by Crippen LogP contribution is 2.26. The van der Waals surface area contributed by atoms with Gasteiger partial charge in [-0.2, -0.15) is 0 Å². The molecule has 1 saturated heterocycles. The first-order valence-electron chi connectivity index (χ1n) is 9.27. The predicted octanol–water partition coefficient (Wildman–Crippen LogP) is 3.16. The molecule has 28 heavy (non-hydrogen) atoms. The Labute approximate surface area is 164 Å². The highest BCUT2D eigenvalue weighted by molar-refractivity contribution is 5.74. The van der Waals surface area contributed by atoms with Crippen molar-refractivity contribution in [1.82, 2.24) is 10.2 Å². The Morgan fingerprint density at radius 1 is 1.21 bits per heavy atom. The monoisotopic (exact) mass is 392 g/mol. The summed E-state index contributed by atoms with van der Waals surface area (Å²) in [7, 11) is 0. The number of hydrogen-bond acceptors (Lipinski definition) is 5. The van der Waals surface area contributed by atoms with Crippen molar-refractivity contribution in [2.45, 2.75) is 57.8 Å². The van der Waals surface area contributed by atoms with Gasteiger partial charge < -0.3 is 24.8 Å². The number of piperidine rings is 1. The molecule has 8 heteroatoms. The third-order valence-electron chi connectivity index (χ3n) is 4.30. The molecule has 8 nitrogen and oxygen atoms in total. The van der Waals surface area contributed by atoms with E-state index in [0.717, 1.165) is 5.56 Å². The fraction of sp³-hybridized carbons (Fsp3) is 0.550. The molecule has 0 bridgehead atoms. The Morgan fingerprint density at radius 3 is 2.50 bits per heavy atom. The van der Waals surface area contributed by atoms with Crippen LogP contribution in [0, 0.1) is 0 Å². The molecular weight excluding hydrogens is 364 g/mol. The number of likely N-dealkylation sites (tertiary alicyclic amines) is 1. The number of nitrogens with zero attached hydrogens (tertiary/aromatic N) is 1. The zero-order valence-corrected chi connectivity index (χ0v) is 16.6. The number of carboxylic acids is 1. The third-order valence-corrected chi connectivity index (χ3v) is 4.30. The minimum Gasteiger partial charge on any atom is -0.481 e. The van der Waals surface area contributed by atoms with Crippen molar-refractivity contribution in [3.63, 3.8) is 0 Å². The molecule has 1 unspecified atom stereocenters. The van der Waals surface area contributed by atoms with E-state index in [4.69, 9.17) is 9.47 Å². The van der Waals surface area contributed by atoms with E-state index in [2.05, 4.69) is 5.32 Å². The summed E-state index contributed by atoms with van der Waals surface area (Å²) in [5.41, 5.74) is -0.940. The lowest BCUT2D eigenvalue weighted by atomic mass is 9.86. The zero-order valence-electron chi connectivity index (χ0n) is 16.6. The Morgan fingerprint density at radius 2 is 1.89 bits per heavy atom. The molecule has 2 rings (SSSR count). The van der Waals surface area contributed by atoms with Gasteiger partial charge in [0.25, 0.3) is 0 Å². The molecular formula is C20H28N2O6. The van der Waals surface area contributed by atoms with E-state index in [1.54, 1.807) is 20.8 Å². The van der Waals surface area contributed by atoms with Crippen LogP contribution in [0.4, 0.5) is 9.59 Å². The van der Waals surface area contributed by atoms with Gasteiger partial charge in [-0.3, -0.25) is 4.79 Å². The normalized spacial score (nSPS) is 19.6. The summed E-state index contributed by atoms with van der Waals surface area (Å²) in [6.07, 6.45) is -0.574. The van der Waals surface area contributed by atoms with Crippen molar-refractivity contribution in [1.29, 1.82) is 0 Å². The van der Waals surface area contributed by atoms with E-state index < -0.39 is 29.3 Å². The van der Waals surface area contributed by atoms with Crippen LogP contribution < -0.4 is 5.32 Å². The van der Waals surface area contributed by atoms with Crippen molar-refractivity contribution in [2.75, 3.05) is 13.1 Å². The standard InChI is InChI=1S/C20H28N2O6/c1-19(2,3)28-18(26)22-11-7-10-20(14-22,12-16(23)24)21-17(25)27-13-15-8-5-4-6-9-15/h4-6,8-9H,7,10-14H2,1-3H3,(H,21,25)(H,23,24). The number of alkyl carbamates (subject to hydrolysis) is 1. The van der Waals surface area contributed by atoms with Crippen LogP contribution in [-0.2, 0) is 20.9 Å². The summed E-state index contributed by atoms with van der Waals surface area (Å²) >= 11 is 0. The molecule has 0 spiro atoms. The summed E-state index contributed by atoms with van der Waals surface area (Å²) in [5, 5.41) is 12.0. The molecule has 2 N–H and O–H groups in total. The number of benzene rings is 1. The number of amides is 2. The van der Waals surface area contributed by atoms with Crippen LogP contribution in [0.15, 0.2) is 30.3 Å². The molecule has 1 aliphatic heterocycles. The molecule has 0 radical (unpaired) electrons. The van der Waals surface area contributed by atoms with E-state index in [1.807, 2.05) is 30.3 Å². The average Bonchev–Trinajstić information content (AvgIpc) is 2.59. The SMILES string of the molecule is CC(C)(C)OC(=O)N1CCCC(CC(=O)O)(NC(=O)OCc2ccccc2)C1. The van der Waals surface area contributed by atoms with Crippen LogP contribution in [0.2, 0.25) is 0 Å². The predicted molar refractivity (Wildman–Crippen MR) is 102 cm³/mol. The average molecular weight is 392 g/mol. The van der Waals surface area contributed by atoms with Crippen molar-refractivity contribution in [3.8, 4) is 0 Å². The maximum atomic E-state index is 12.4.